The van der Waals surface area contributed by atoms with Crippen molar-refractivity contribution < 1.29 is 9.13 Å². The van der Waals surface area contributed by atoms with Gasteiger partial charge in [-0.3, -0.25) is 0 Å². The Hall–Kier alpha value is -1.39. The topological polar surface area (TPSA) is 21.3 Å². The first kappa shape index (κ1) is 15.0. The summed E-state index contributed by atoms with van der Waals surface area (Å²) in [7, 11) is 1.66. The summed E-state index contributed by atoms with van der Waals surface area (Å²) >= 11 is 3.43. The van der Waals surface area contributed by atoms with Crippen LogP contribution in [0.1, 0.15) is 24.1 Å². The molecule has 0 radical (unpaired) electrons. The van der Waals surface area contributed by atoms with Crippen LogP contribution in [0.3, 0.4) is 0 Å². The van der Waals surface area contributed by atoms with Crippen LogP contribution in [0.15, 0.2) is 46.9 Å². The summed E-state index contributed by atoms with van der Waals surface area (Å²) in [5.74, 6) is 0.626. The molecule has 0 aliphatic carbocycles. The third kappa shape index (κ3) is 3.58. The lowest BCUT2D eigenvalue weighted by molar-refractivity contribution is 0.401. The number of ether oxygens (including phenoxy) is 1. The van der Waals surface area contributed by atoms with Crippen LogP contribution in [0.25, 0.3) is 0 Å². The fourth-order valence-electron chi connectivity index (χ4n) is 2.08. The van der Waals surface area contributed by atoms with Gasteiger partial charge in [-0.2, -0.15) is 0 Å². The van der Waals surface area contributed by atoms with E-state index in [0.29, 0.717) is 6.54 Å². The number of hydrogen-bond donors (Lipinski definition) is 1. The quantitative estimate of drug-likeness (QED) is 0.870. The van der Waals surface area contributed by atoms with Crippen molar-refractivity contribution in [1.82, 2.24) is 5.32 Å². The average Bonchev–Trinajstić information content (AvgIpc) is 2.47. The lowest BCUT2D eigenvalue weighted by Gasteiger charge is -2.17. The van der Waals surface area contributed by atoms with Crippen LogP contribution in [0, 0.1) is 5.82 Å². The number of rotatable bonds is 5. The summed E-state index contributed by atoms with van der Waals surface area (Å²) in [5.41, 5.74) is 1.98. The molecule has 0 saturated carbocycles. The van der Waals surface area contributed by atoms with E-state index in [4.69, 9.17) is 4.74 Å². The van der Waals surface area contributed by atoms with Crippen LogP contribution in [0.5, 0.6) is 5.75 Å². The largest absolute Gasteiger partial charge is 0.496 e. The molecule has 0 fully saturated rings. The number of nitrogens with one attached hydrogen (secondary N) is 1. The van der Waals surface area contributed by atoms with Crippen molar-refractivity contribution in [2.75, 3.05) is 7.11 Å². The average molecular weight is 338 g/mol. The molecule has 0 aromatic heterocycles. The molecule has 0 aliphatic heterocycles. The van der Waals surface area contributed by atoms with Crippen molar-refractivity contribution in [1.29, 1.82) is 0 Å². The molecule has 0 spiro atoms. The second kappa shape index (κ2) is 6.86. The zero-order valence-electron chi connectivity index (χ0n) is 11.5. The van der Waals surface area contributed by atoms with Gasteiger partial charge in [-0.15, -0.1) is 0 Å². The molecule has 2 rings (SSSR count). The van der Waals surface area contributed by atoms with Gasteiger partial charge >= 0.3 is 0 Å². The third-order valence-corrected chi connectivity index (χ3v) is 3.99. The molecule has 1 unspecified atom stereocenters. The van der Waals surface area contributed by atoms with Gasteiger partial charge in [0.05, 0.1) is 7.11 Å². The first-order chi connectivity index (χ1) is 9.61. The molecule has 4 heteroatoms. The summed E-state index contributed by atoms with van der Waals surface area (Å²) < 4.78 is 19.5. The Kier molecular flexibility index (Phi) is 5.15. The van der Waals surface area contributed by atoms with E-state index in [-0.39, 0.29) is 11.9 Å². The molecule has 0 bridgehead atoms. The highest BCUT2D eigenvalue weighted by atomic mass is 79.9. The predicted octanol–water partition coefficient (Wildman–Crippen LogP) is 4.45. The molecule has 0 amide bonds. The first-order valence-corrected chi connectivity index (χ1v) is 7.21. The Morgan fingerprint density at radius 2 is 2.00 bits per heavy atom. The highest BCUT2D eigenvalue weighted by Crippen LogP contribution is 2.25. The van der Waals surface area contributed by atoms with E-state index >= 15 is 0 Å². The number of hydrogen-bond acceptors (Lipinski definition) is 2. The summed E-state index contributed by atoms with van der Waals surface area (Å²) in [5, 5.41) is 3.38. The highest BCUT2D eigenvalue weighted by molar-refractivity contribution is 9.10. The Labute approximate surface area is 127 Å². The third-order valence-electron chi connectivity index (χ3n) is 3.21. The number of halogens is 2. The van der Waals surface area contributed by atoms with Crippen LogP contribution in [0.2, 0.25) is 0 Å². The van der Waals surface area contributed by atoms with E-state index in [0.717, 1.165) is 21.3 Å². The van der Waals surface area contributed by atoms with E-state index in [9.17, 15) is 4.39 Å². The summed E-state index contributed by atoms with van der Waals surface area (Å²) in [6.45, 7) is 2.64. The van der Waals surface area contributed by atoms with Crippen LogP contribution >= 0.6 is 15.9 Å². The SMILES string of the molecule is COc1ccccc1C(C)NCc1cc(F)ccc1Br. The zero-order valence-corrected chi connectivity index (χ0v) is 13.1. The molecular weight excluding hydrogens is 321 g/mol. The number of methoxy groups -OCH3 is 1. The number of benzene rings is 2. The molecule has 0 saturated heterocycles. The standard InChI is InChI=1S/C16H17BrFNO/c1-11(14-5-3-4-6-16(14)20-2)19-10-12-9-13(18)7-8-15(12)17/h3-9,11,19H,10H2,1-2H3. The molecule has 106 valence electrons. The van der Waals surface area contributed by atoms with Gasteiger partial charge < -0.3 is 10.1 Å². The maximum atomic E-state index is 13.2. The Bertz CT molecular complexity index is 588. The molecule has 2 aromatic rings. The van der Waals surface area contributed by atoms with E-state index in [2.05, 4.69) is 28.2 Å². The van der Waals surface area contributed by atoms with Gasteiger partial charge in [-0.1, -0.05) is 34.1 Å². The molecule has 1 atom stereocenters. The molecule has 1 N–H and O–H groups in total. The second-order valence-electron chi connectivity index (χ2n) is 4.58. The molecular formula is C16H17BrFNO. The van der Waals surface area contributed by atoms with Crippen molar-refractivity contribution in [3.8, 4) is 5.75 Å². The van der Waals surface area contributed by atoms with Crippen molar-refractivity contribution in [3.05, 3.63) is 63.9 Å². The van der Waals surface area contributed by atoms with Crippen molar-refractivity contribution in [2.24, 2.45) is 0 Å². The van der Waals surface area contributed by atoms with Crippen LogP contribution in [-0.4, -0.2) is 7.11 Å². The van der Waals surface area contributed by atoms with E-state index < -0.39 is 0 Å². The van der Waals surface area contributed by atoms with Crippen LogP contribution < -0.4 is 10.1 Å². The van der Waals surface area contributed by atoms with Gasteiger partial charge in [0.1, 0.15) is 11.6 Å². The minimum atomic E-state index is -0.227. The van der Waals surface area contributed by atoms with E-state index in [1.165, 1.54) is 12.1 Å². The second-order valence-corrected chi connectivity index (χ2v) is 5.43. The minimum absolute atomic E-state index is 0.112. The monoisotopic (exact) mass is 337 g/mol. The van der Waals surface area contributed by atoms with E-state index in [1.807, 2.05) is 24.3 Å². The fraction of sp³-hybridized carbons (Fsp3) is 0.250. The fourth-order valence-corrected chi connectivity index (χ4v) is 2.46. The summed E-state index contributed by atoms with van der Waals surface area (Å²) in [6.07, 6.45) is 0. The van der Waals surface area contributed by atoms with Gasteiger partial charge in [0, 0.05) is 22.6 Å². The number of para-hydroxylation sites is 1. The van der Waals surface area contributed by atoms with Crippen molar-refractivity contribution >= 4 is 15.9 Å². The predicted molar refractivity (Wildman–Crippen MR) is 82.3 cm³/mol. The smallest absolute Gasteiger partial charge is 0.123 e. The lowest BCUT2D eigenvalue weighted by Crippen LogP contribution is -2.19. The van der Waals surface area contributed by atoms with Gasteiger partial charge in [0.2, 0.25) is 0 Å². The van der Waals surface area contributed by atoms with Gasteiger partial charge in [-0.25, -0.2) is 4.39 Å². The van der Waals surface area contributed by atoms with Crippen LogP contribution in [-0.2, 0) is 6.54 Å². The maximum absolute atomic E-state index is 13.2. The summed E-state index contributed by atoms with van der Waals surface area (Å²) in [4.78, 5) is 0. The lowest BCUT2D eigenvalue weighted by atomic mass is 10.1. The molecule has 0 aliphatic rings. The molecule has 2 nitrogen and oxygen atoms in total. The minimum Gasteiger partial charge on any atom is -0.496 e. The highest BCUT2D eigenvalue weighted by Gasteiger charge is 2.11. The zero-order chi connectivity index (χ0) is 14.5. The Balaban J connectivity index is 2.08. The maximum Gasteiger partial charge on any atom is 0.123 e. The molecule has 2 aromatic carbocycles. The van der Waals surface area contributed by atoms with E-state index in [1.54, 1.807) is 13.2 Å². The normalized spacial score (nSPS) is 12.2. The van der Waals surface area contributed by atoms with Gasteiger partial charge in [0.25, 0.3) is 0 Å². The van der Waals surface area contributed by atoms with Crippen molar-refractivity contribution in [3.63, 3.8) is 0 Å². The van der Waals surface area contributed by atoms with Crippen LogP contribution in [0.4, 0.5) is 4.39 Å². The Morgan fingerprint density at radius 1 is 1.25 bits per heavy atom. The van der Waals surface area contributed by atoms with Gasteiger partial charge in [-0.05, 0) is 36.8 Å². The Morgan fingerprint density at radius 3 is 2.75 bits per heavy atom. The molecule has 20 heavy (non-hydrogen) atoms. The molecule has 0 heterocycles. The van der Waals surface area contributed by atoms with Crippen molar-refractivity contribution in [2.45, 2.75) is 19.5 Å². The van der Waals surface area contributed by atoms with Gasteiger partial charge in [0.15, 0.2) is 0 Å². The summed E-state index contributed by atoms with van der Waals surface area (Å²) in [6, 6.07) is 12.7. The first-order valence-electron chi connectivity index (χ1n) is 6.42.